The Bertz CT molecular complexity index is 922. The van der Waals surface area contributed by atoms with E-state index in [1.54, 1.807) is 15.9 Å². The summed E-state index contributed by atoms with van der Waals surface area (Å²) < 4.78 is 1.77. The molecule has 1 aliphatic rings. The molecule has 2 aromatic rings. The number of fused-ring (bicyclic) bond motifs is 1. The highest BCUT2D eigenvalue weighted by Gasteiger charge is 2.29. The van der Waals surface area contributed by atoms with Crippen molar-refractivity contribution in [2.24, 2.45) is 5.92 Å². The quantitative estimate of drug-likeness (QED) is 0.522. The summed E-state index contributed by atoms with van der Waals surface area (Å²) in [5.41, 5.74) is 1.05. The van der Waals surface area contributed by atoms with E-state index in [-0.39, 0.29) is 23.6 Å². The van der Waals surface area contributed by atoms with E-state index in [4.69, 9.17) is 4.98 Å². The molecular formula is C21H31N3O2S2. The van der Waals surface area contributed by atoms with E-state index < -0.39 is 0 Å². The first-order valence-corrected chi connectivity index (χ1v) is 11.9. The van der Waals surface area contributed by atoms with Crippen molar-refractivity contribution in [3.8, 4) is 0 Å². The minimum Gasteiger partial charge on any atom is -0.337 e. The summed E-state index contributed by atoms with van der Waals surface area (Å²) in [6.45, 7) is 13.1. The zero-order valence-electron chi connectivity index (χ0n) is 17.7. The average molecular weight is 422 g/mol. The monoisotopic (exact) mass is 421 g/mol. The van der Waals surface area contributed by atoms with Crippen LogP contribution in [-0.4, -0.2) is 38.2 Å². The Morgan fingerprint density at radius 2 is 1.89 bits per heavy atom. The number of aromatic nitrogens is 2. The number of thiophene rings is 1. The summed E-state index contributed by atoms with van der Waals surface area (Å²) in [4.78, 5) is 34.9. The number of thioether (sulfide) groups is 1. The number of hydrogen-bond donors (Lipinski definition) is 0. The van der Waals surface area contributed by atoms with E-state index in [0.717, 1.165) is 33.5 Å². The molecule has 28 heavy (non-hydrogen) atoms. The first kappa shape index (κ1) is 21.4. The number of nitrogens with zero attached hydrogens (tertiary/aromatic N) is 3. The Balaban J connectivity index is 1.91. The summed E-state index contributed by atoms with van der Waals surface area (Å²) in [6, 6.07) is 0.570. The lowest BCUT2D eigenvalue weighted by molar-refractivity contribution is -0.134. The van der Waals surface area contributed by atoms with Gasteiger partial charge in [0.15, 0.2) is 5.16 Å². The zero-order valence-corrected chi connectivity index (χ0v) is 19.4. The van der Waals surface area contributed by atoms with Gasteiger partial charge in [0.1, 0.15) is 4.83 Å². The third kappa shape index (κ3) is 4.15. The molecule has 1 aliphatic heterocycles. The van der Waals surface area contributed by atoms with Gasteiger partial charge in [0, 0.05) is 23.5 Å². The molecule has 5 nitrogen and oxygen atoms in total. The predicted molar refractivity (Wildman–Crippen MR) is 119 cm³/mol. The number of amides is 1. The van der Waals surface area contributed by atoms with Crippen LogP contribution in [0.5, 0.6) is 0 Å². The number of likely N-dealkylation sites (tertiary alicyclic amines) is 1. The molecule has 0 unspecified atom stereocenters. The molecule has 0 aliphatic carbocycles. The van der Waals surface area contributed by atoms with Gasteiger partial charge in [-0.3, -0.25) is 14.2 Å². The van der Waals surface area contributed by atoms with Crippen LogP contribution in [0.4, 0.5) is 0 Å². The molecule has 0 N–H and O–H groups in total. The lowest BCUT2D eigenvalue weighted by Crippen LogP contribution is -2.48. The van der Waals surface area contributed by atoms with Gasteiger partial charge in [-0.1, -0.05) is 25.6 Å². The third-order valence-electron chi connectivity index (χ3n) is 5.61. The molecule has 3 heterocycles. The van der Waals surface area contributed by atoms with Crippen LogP contribution in [0, 0.1) is 19.8 Å². The van der Waals surface area contributed by atoms with Crippen molar-refractivity contribution in [1.29, 1.82) is 0 Å². The van der Waals surface area contributed by atoms with Crippen molar-refractivity contribution < 1.29 is 4.79 Å². The second kappa shape index (κ2) is 8.57. The summed E-state index contributed by atoms with van der Waals surface area (Å²) in [5.74, 6) is 0.802. The maximum Gasteiger partial charge on any atom is 0.263 e. The van der Waals surface area contributed by atoms with E-state index >= 15 is 0 Å². The summed E-state index contributed by atoms with van der Waals surface area (Å²) in [7, 11) is 0. The number of carbonyl (C=O) groups is 1. The SMILES string of the molecule is Cc1sc2nc(SCC(=O)N3[C@@H](C)CCC[C@@H]3C)n(CC(C)C)c(=O)c2c1C. The van der Waals surface area contributed by atoms with Crippen molar-refractivity contribution in [1.82, 2.24) is 14.5 Å². The van der Waals surface area contributed by atoms with Crippen LogP contribution < -0.4 is 5.56 Å². The van der Waals surface area contributed by atoms with Crippen LogP contribution in [0.2, 0.25) is 0 Å². The molecule has 2 atom stereocenters. The number of hydrogen-bond acceptors (Lipinski definition) is 5. The Morgan fingerprint density at radius 3 is 2.50 bits per heavy atom. The Kier molecular flexibility index (Phi) is 6.54. The molecule has 1 amide bonds. The van der Waals surface area contributed by atoms with Gasteiger partial charge in [0.05, 0.1) is 11.1 Å². The van der Waals surface area contributed by atoms with Gasteiger partial charge in [-0.2, -0.15) is 0 Å². The molecule has 3 rings (SSSR count). The summed E-state index contributed by atoms with van der Waals surface area (Å²) >= 11 is 2.97. The van der Waals surface area contributed by atoms with E-state index in [0.29, 0.717) is 23.4 Å². The maximum absolute atomic E-state index is 13.2. The van der Waals surface area contributed by atoms with Crippen molar-refractivity contribution in [2.75, 3.05) is 5.75 Å². The fraction of sp³-hybridized carbons (Fsp3) is 0.667. The van der Waals surface area contributed by atoms with Crippen LogP contribution in [0.25, 0.3) is 10.2 Å². The van der Waals surface area contributed by atoms with Crippen LogP contribution in [0.15, 0.2) is 9.95 Å². The molecule has 7 heteroatoms. The minimum absolute atomic E-state index is 0.0233. The number of piperidine rings is 1. The third-order valence-corrected chi connectivity index (χ3v) is 7.67. The lowest BCUT2D eigenvalue weighted by Gasteiger charge is -2.39. The highest BCUT2D eigenvalue weighted by atomic mass is 32.2. The standard InChI is InChI=1S/C21H31N3O2S2/c1-12(2)10-23-20(26)18-15(5)16(6)28-19(18)22-21(23)27-11-17(25)24-13(3)8-7-9-14(24)4/h12-14H,7-11H2,1-6H3/t13-,14-/m0/s1. The number of aryl methyl sites for hydroxylation is 2. The van der Waals surface area contributed by atoms with Crippen molar-refractivity contribution in [3.63, 3.8) is 0 Å². The van der Waals surface area contributed by atoms with E-state index in [9.17, 15) is 9.59 Å². The van der Waals surface area contributed by atoms with E-state index in [1.165, 1.54) is 18.2 Å². The molecule has 0 aromatic carbocycles. The highest BCUT2D eigenvalue weighted by molar-refractivity contribution is 7.99. The van der Waals surface area contributed by atoms with Gasteiger partial charge in [0.2, 0.25) is 5.91 Å². The fourth-order valence-corrected chi connectivity index (χ4v) is 6.01. The fourth-order valence-electron chi connectivity index (χ4n) is 4.06. The topological polar surface area (TPSA) is 55.2 Å². The molecule has 2 aromatic heterocycles. The largest absolute Gasteiger partial charge is 0.337 e. The Hall–Kier alpha value is -1.34. The highest BCUT2D eigenvalue weighted by Crippen LogP contribution is 2.29. The van der Waals surface area contributed by atoms with Crippen molar-refractivity contribution >= 4 is 39.2 Å². The van der Waals surface area contributed by atoms with Gasteiger partial charge < -0.3 is 4.90 Å². The first-order chi connectivity index (χ1) is 13.2. The molecule has 0 bridgehead atoms. The zero-order chi connectivity index (χ0) is 20.6. The Labute approximate surface area is 175 Å². The van der Waals surface area contributed by atoms with E-state index in [1.807, 2.05) is 18.7 Å². The van der Waals surface area contributed by atoms with Gasteiger partial charge in [-0.25, -0.2) is 4.98 Å². The maximum atomic E-state index is 13.2. The summed E-state index contributed by atoms with van der Waals surface area (Å²) in [5, 5.41) is 1.40. The number of rotatable bonds is 5. The van der Waals surface area contributed by atoms with Gasteiger partial charge in [-0.15, -0.1) is 11.3 Å². The average Bonchev–Trinajstić information content (AvgIpc) is 2.89. The molecule has 0 radical (unpaired) electrons. The second-order valence-corrected chi connectivity index (χ2v) is 10.5. The van der Waals surface area contributed by atoms with Gasteiger partial charge in [-0.05, 0) is 58.4 Å². The van der Waals surface area contributed by atoms with Crippen LogP contribution >= 0.6 is 23.1 Å². The van der Waals surface area contributed by atoms with Crippen molar-refractivity contribution in [2.45, 2.75) is 84.6 Å². The van der Waals surface area contributed by atoms with Crippen LogP contribution in [0.3, 0.4) is 0 Å². The second-order valence-electron chi connectivity index (χ2n) is 8.39. The molecule has 1 saturated heterocycles. The lowest BCUT2D eigenvalue weighted by atomic mass is 9.98. The molecule has 0 spiro atoms. The van der Waals surface area contributed by atoms with E-state index in [2.05, 4.69) is 27.7 Å². The Morgan fingerprint density at radius 1 is 1.25 bits per heavy atom. The van der Waals surface area contributed by atoms with Gasteiger partial charge >= 0.3 is 0 Å². The van der Waals surface area contributed by atoms with Crippen LogP contribution in [-0.2, 0) is 11.3 Å². The van der Waals surface area contributed by atoms with Crippen LogP contribution in [0.1, 0.15) is 57.4 Å². The smallest absolute Gasteiger partial charge is 0.263 e. The first-order valence-electron chi connectivity index (χ1n) is 10.1. The molecular weight excluding hydrogens is 390 g/mol. The van der Waals surface area contributed by atoms with Gasteiger partial charge in [0.25, 0.3) is 5.56 Å². The summed E-state index contributed by atoms with van der Waals surface area (Å²) in [6.07, 6.45) is 3.32. The minimum atomic E-state index is 0.0233. The molecule has 1 fully saturated rings. The number of carbonyl (C=O) groups excluding carboxylic acids is 1. The van der Waals surface area contributed by atoms with Crippen molar-refractivity contribution in [3.05, 3.63) is 20.8 Å². The normalized spacial score (nSPS) is 20.3. The predicted octanol–water partition coefficient (Wildman–Crippen LogP) is 4.61. The molecule has 154 valence electrons. The molecule has 0 saturated carbocycles.